The number of aliphatic imine (C=N–C) groups is 3. The molecule has 0 bridgehead atoms. The minimum atomic E-state index is -1.07. The standard InChI is InChI=1S/C13H20O3.C12H17FO4.C10H13FO3.2C10H13FO2.C10H13FO.C9H11BrN2.C9H10FIN2.C9H11FN2.C9H11FO3.C9H11FO2/c1-3-4-5-9(2)13(16)10-6-7-11(14)12(15)8-10;1-7(2)11(16)8-5-9(14)12(10(15)6-8)17-4-3-13;1-5(2)10(14)6-3-7(12)9(11)8(13)4-6;1-6(2)10(13)8-5-7(12)3-4-9(8)11;1-6(2)10(13)7-3-4-8(11)9(12)5-7;1-7(2)10(12)8-3-5-9(11)6-4-8;1-7(11)12-6-8-3-2-4-9(10)5-8;1-6(12)13-5-7-2-3-8(10)9(11)4-7;1-7(11)12-6-8-2-4-9(10)5-3-8;1-2-7(11)5-3-8(12)9(13)4-6(5)10;1-2-3-6-4-8(11)9(12)5-7(6)10/h6-9,13-16H,3-5H2,1-2H3;5-7,11,14-16H,3-4H2,1-2H3;3-5,10,12-14H,1-2H3;2*3-6,10,12-13H,1-2H3;3-7,10,12H,1-2H3;2-5H,6H2,1H3,(H2,11,12);2-4H,5H2,1H3,(H2,12,13);2-5H,6H2,1H3,(H2,11,12);3-4,7,11-13H,2H2,1H3;4-5,11-12H,2-3H2,1H3/t;;;2*10-;;;;;7-;/m...00....0./s1/i;13-1;4*11-1;10-4;4*10-1. The number of nitrogens with zero attached hydrogens (tertiary/aromatic N) is 3. The first-order valence-electron chi connectivity index (χ1n) is 46.9. The van der Waals surface area contributed by atoms with Crippen molar-refractivity contribution in [3.05, 3.63) is 310 Å². The van der Waals surface area contributed by atoms with Crippen LogP contribution in [0.5, 0.6) is 74.7 Å². The Morgan fingerprint density at radius 2 is 0.755 bits per heavy atom. The molecule has 8 atom stereocenters. The van der Waals surface area contributed by atoms with E-state index in [1.54, 1.807) is 97.9 Å². The second kappa shape index (κ2) is 68.9. The van der Waals surface area contributed by atoms with Crippen LogP contribution in [0, 0.1) is 85.6 Å². The van der Waals surface area contributed by atoms with Crippen LogP contribution in [-0.2, 0) is 26.1 Å². The lowest BCUT2D eigenvalue weighted by atomic mass is 9.93. The number of aryl methyl sites for hydroxylation is 1. The Balaban J connectivity index is 0.000000810. The Hall–Kier alpha value is -12.5. The highest BCUT2D eigenvalue weighted by Crippen LogP contribution is 2.41. The summed E-state index contributed by atoms with van der Waals surface area (Å²) < 4.78 is 121. The topological polar surface area (TPSA) is 509 Å². The number of hydrogen-bond acceptors (Lipinski definition) is 23. The molecule has 11 aromatic rings. The zero-order valence-electron chi connectivity index (χ0n) is 85.4. The third kappa shape index (κ3) is 50.7. The molecule has 11 rings (SSSR count). The molecule has 11 aromatic carbocycles. The van der Waals surface area contributed by atoms with Crippen molar-refractivity contribution in [1.29, 1.82) is 0 Å². The van der Waals surface area contributed by atoms with Gasteiger partial charge in [-0.25, -0.2) is 35.1 Å². The number of phenolic OH excluding ortho intramolecular Hbond substituents is 12. The molecule has 0 aromatic heterocycles. The van der Waals surface area contributed by atoms with Gasteiger partial charge in [-0.15, -0.1) is 0 Å². The SMILES string of the molecule is CC(C)C(O)c1cc(O)c(OCC[18F])c(O)c1.CC(C)C(O)c1cc(O)c([18F])c(O)c1.CC(C)C(O)c1ccc([18F])cc1.CC(C)[C@H](O)c1cc(O)ccc1[18F].CC(C)[C@H](O)c1ccc([18F])c(O)c1.CC(N)=NCc1ccc([18F])c(I)c1.CC(N)=NCc1ccc([18F])cc1.CC(N)=NCc1cccc([76Br])c1.CCCCC(C)C(O)c1ccc(O)c(O)c1.CCCc1cc(O)c(O)cc1[18F].CC[C@H](O)c1cc(O)c(O)cc1[18F]. The zero-order valence-corrected chi connectivity index (χ0v) is 89.1. The molecule has 810 valence electrons. The largest absolute Gasteiger partial charge is 0.508 e. The van der Waals surface area contributed by atoms with Crippen LogP contribution < -0.4 is 21.9 Å². The van der Waals surface area contributed by atoms with Gasteiger partial charge in [-0.2, -0.15) is 4.39 Å². The van der Waals surface area contributed by atoms with Crippen molar-refractivity contribution in [1.82, 2.24) is 0 Å². The molecule has 0 heterocycles. The van der Waals surface area contributed by atoms with E-state index in [1.165, 1.54) is 84.9 Å². The number of unbranched alkanes of at least 4 members (excludes halogenated alkanes) is 1. The molecule has 0 saturated heterocycles. The molecule has 0 spiro atoms. The quantitative estimate of drug-likeness (QED) is 0.00712. The van der Waals surface area contributed by atoms with Crippen molar-refractivity contribution in [3.63, 3.8) is 0 Å². The van der Waals surface area contributed by atoms with Gasteiger partial charge < -0.3 is 119 Å². The highest BCUT2D eigenvalue weighted by molar-refractivity contribution is 14.1. The van der Waals surface area contributed by atoms with E-state index >= 15 is 0 Å². The number of alkyl halides is 1. The number of halogens is 11. The van der Waals surface area contributed by atoms with Gasteiger partial charge in [0.1, 0.15) is 53.9 Å². The molecule has 0 radical (unpaired) electrons. The third-order valence-electron chi connectivity index (χ3n) is 20.8. The minimum Gasteiger partial charge on any atom is -0.508 e. The molecule has 0 aliphatic rings. The van der Waals surface area contributed by atoms with Crippen molar-refractivity contribution in [2.45, 2.75) is 219 Å². The molecule has 0 fully saturated rings. The van der Waals surface area contributed by atoms with E-state index in [0.29, 0.717) is 81.4 Å². The Kier molecular flexibility index (Phi) is 62.1. The molecule has 0 amide bonds. The number of aromatic hydroxyl groups is 12. The molecule has 147 heavy (non-hydrogen) atoms. The van der Waals surface area contributed by atoms with Crippen LogP contribution in [-0.4, -0.2) is 128 Å². The molecule has 25 N–H and O–H groups in total. The van der Waals surface area contributed by atoms with Gasteiger partial charge in [0.25, 0.3) is 0 Å². The molecule has 0 saturated carbocycles. The fourth-order valence-corrected chi connectivity index (χ4v) is 13.3. The number of hydrogen-bond donors (Lipinski definition) is 22. The monoisotopic (exact) mass is 2230 g/mol. The van der Waals surface area contributed by atoms with Crippen LogP contribution in [0.2, 0.25) is 0 Å². The lowest BCUT2D eigenvalue weighted by Crippen LogP contribution is -2.09. The Bertz CT molecular complexity index is 5780. The van der Waals surface area contributed by atoms with E-state index in [0.717, 1.165) is 94.9 Å². The number of nitrogens with two attached hydrogens (primary N) is 3. The van der Waals surface area contributed by atoms with Crippen LogP contribution in [0.3, 0.4) is 0 Å². The predicted molar refractivity (Wildman–Crippen MR) is 567 cm³/mol. The summed E-state index contributed by atoms with van der Waals surface area (Å²) in [6.07, 6.45) is -0.301. The summed E-state index contributed by atoms with van der Waals surface area (Å²) >= 11 is 5.34. The van der Waals surface area contributed by atoms with Gasteiger partial charge in [0.05, 0.1) is 79.9 Å². The number of ether oxygens (including phenoxy) is 1. The Morgan fingerprint density at radius 3 is 1.20 bits per heavy atom. The van der Waals surface area contributed by atoms with Gasteiger partial charge in [-0.05, 0) is 276 Å². The highest BCUT2D eigenvalue weighted by atomic mass is 127. The van der Waals surface area contributed by atoms with Gasteiger partial charge in [-0.1, -0.05) is 187 Å². The van der Waals surface area contributed by atoms with E-state index in [9.17, 15) is 95.7 Å². The first kappa shape index (κ1) is 133. The molecule has 0 aliphatic heterocycles. The van der Waals surface area contributed by atoms with Crippen LogP contribution in [0.4, 0.5) is 39.5 Å². The smallest absolute Gasteiger partial charge is 0.206 e. The van der Waals surface area contributed by atoms with Gasteiger partial charge in [-0.3, -0.25) is 15.0 Å². The van der Waals surface area contributed by atoms with Gasteiger partial charge in [0.2, 0.25) is 11.6 Å². The van der Waals surface area contributed by atoms with Crippen LogP contribution >= 0.6 is 38.5 Å². The number of phenols is 12. The number of aliphatic hydroxyl groups is 7. The fourth-order valence-electron chi connectivity index (χ4n) is 12.2. The minimum absolute atomic E-state index is 0.00204. The Morgan fingerprint density at radius 1 is 0.361 bits per heavy atom. The molecular formula is C110H143BrF9IN6O20. The fraction of sp³-hybridized carbons (Fsp3) is 0.373. The van der Waals surface area contributed by atoms with Crippen LogP contribution in [0.25, 0.3) is 0 Å². The summed E-state index contributed by atoms with van der Waals surface area (Å²) in [5.74, 6) is -6.73. The first-order chi connectivity index (χ1) is 68.8. The highest BCUT2D eigenvalue weighted by Gasteiger charge is 2.24. The molecule has 5 unspecified atom stereocenters. The van der Waals surface area contributed by atoms with E-state index in [-0.39, 0.29) is 111 Å². The van der Waals surface area contributed by atoms with Crippen molar-refractivity contribution in [2.24, 2.45) is 67.7 Å². The van der Waals surface area contributed by atoms with E-state index in [1.807, 2.05) is 102 Å². The number of amidine groups is 3. The van der Waals surface area contributed by atoms with Crippen molar-refractivity contribution >= 4 is 56.0 Å². The number of rotatable bonds is 28. The lowest BCUT2D eigenvalue weighted by molar-refractivity contribution is 0.111. The summed E-state index contributed by atoms with van der Waals surface area (Å²) in [6.45, 7) is 32.0. The maximum absolute atomic E-state index is 13.1. The first-order valence-corrected chi connectivity index (χ1v) is 48.8. The maximum atomic E-state index is 13.1. The second-order valence-electron chi connectivity index (χ2n) is 35.4. The van der Waals surface area contributed by atoms with Crippen molar-refractivity contribution < 1.29 is 141 Å². The van der Waals surface area contributed by atoms with Gasteiger partial charge in [0.15, 0.2) is 69.1 Å². The van der Waals surface area contributed by atoms with E-state index < -0.39 is 113 Å². The summed E-state index contributed by atoms with van der Waals surface area (Å²) in [5, 5.41) is 177. The lowest BCUT2D eigenvalue weighted by Gasteiger charge is -2.19. The van der Waals surface area contributed by atoms with Crippen LogP contribution in [0.1, 0.15) is 254 Å². The van der Waals surface area contributed by atoms with Crippen LogP contribution in [0.15, 0.2) is 214 Å². The average molecular weight is 2230 g/mol. The molecule has 0 aliphatic carbocycles. The average Bonchev–Trinajstić information content (AvgIpc) is 0.806. The van der Waals surface area contributed by atoms with Gasteiger partial charge in [0, 0.05) is 31.3 Å². The van der Waals surface area contributed by atoms with E-state index in [4.69, 9.17) is 62.8 Å². The van der Waals surface area contributed by atoms with Crippen molar-refractivity contribution in [2.75, 3.05) is 13.3 Å². The second-order valence-corrected chi connectivity index (χ2v) is 37.4. The predicted octanol–water partition coefficient (Wildman–Crippen LogP) is 24.2. The van der Waals surface area contributed by atoms with Crippen molar-refractivity contribution in [3.8, 4) is 74.7 Å². The summed E-state index contributed by atoms with van der Waals surface area (Å²) in [5.41, 5.74) is 22.5. The number of benzene rings is 11. The molecular weight excluding hydrogens is 2090 g/mol. The summed E-state index contributed by atoms with van der Waals surface area (Å²) in [6, 6.07) is 45.9. The molecule has 37 heteroatoms. The number of aliphatic hydroxyl groups excluding tert-OH is 7. The zero-order chi connectivity index (χ0) is 112. The Labute approximate surface area is 876 Å². The third-order valence-corrected chi connectivity index (χ3v) is 22.1. The normalized spacial score (nSPS) is 12.7. The summed E-state index contributed by atoms with van der Waals surface area (Å²) in [7, 11) is 0. The van der Waals surface area contributed by atoms with E-state index in [2.05, 4.69) is 37.8 Å². The van der Waals surface area contributed by atoms with Gasteiger partial charge >= 0.3 is 0 Å². The maximum Gasteiger partial charge on any atom is 0.206 e. The molecule has 26 nitrogen and oxygen atoms in total. The summed E-state index contributed by atoms with van der Waals surface area (Å²) in [4.78, 5) is 12.1.